The van der Waals surface area contributed by atoms with Gasteiger partial charge in [-0.25, -0.2) is 4.98 Å². The van der Waals surface area contributed by atoms with E-state index in [0.717, 1.165) is 5.82 Å². The molecule has 1 heterocycles. The quantitative estimate of drug-likeness (QED) is 0.752. The van der Waals surface area contributed by atoms with Crippen LogP contribution in [0.5, 0.6) is 0 Å². The third-order valence-corrected chi connectivity index (χ3v) is 1.86. The van der Waals surface area contributed by atoms with Gasteiger partial charge >= 0.3 is 0 Å². The Hall–Kier alpha value is -1.76. The third-order valence-electron chi connectivity index (χ3n) is 1.86. The van der Waals surface area contributed by atoms with E-state index >= 15 is 0 Å². The zero-order valence-corrected chi connectivity index (χ0v) is 9.36. The summed E-state index contributed by atoms with van der Waals surface area (Å²) in [4.78, 5) is 10.3. The van der Waals surface area contributed by atoms with Gasteiger partial charge in [0.25, 0.3) is 0 Å². The number of terminal acetylenes is 1. The lowest BCUT2D eigenvalue weighted by Crippen LogP contribution is -2.17. The monoisotopic (exact) mass is 204 g/mol. The SMILES string of the molecule is C#CCC(C)Nc1ccnc(N(C)C)n1. The Bertz CT molecular complexity index is 354. The van der Waals surface area contributed by atoms with Gasteiger partial charge in [0.2, 0.25) is 5.95 Å². The normalized spacial score (nSPS) is 11.6. The number of nitrogens with zero attached hydrogens (tertiary/aromatic N) is 3. The minimum atomic E-state index is 0.222. The molecule has 1 unspecified atom stereocenters. The van der Waals surface area contributed by atoms with Gasteiger partial charge < -0.3 is 10.2 Å². The molecule has 1 aromatic heterocycles. The summed E-state index contributed by atoms with van der Waals surface area (Å²) in [6, 6.07) is 2.06. The zero-order valence-electron chi connectivity index (χ0n) is 9.36. The van der Waals surface area contributed by atoms with Crippen molar-refractivity contribution in [3.05, 3.63) is 12.3 Å². The lowest BCUT2D eigenvalue weighted by atomic mass is 10.2. The minimum absolute atomic E-state index is 0.222. The van der Waals surface area contributed by atoms with Crippen LogP contribution in [0.15, 0.2) is 12.3 Å². The van der Waals surface area contributed by atoms with Gasteiger partial charge in [0, 0.05) is 32.8 Å². The Balaban J connectivity index is 2.70. The summed E-state index contributed by atoms with van der Waals surface area (Å²) >= 11 is 0. The molecule has 0 fully saturated rings. The number of aromatic nitrogens is 2. The van der Waals surface area contributed by atoms with E-state index in [1.807, 2.05) is 32.0 Å². The molecule has 0 saturated carbocycles. The fourth-order valence-electron chi connectivity index (χ4n) is 1.12. The summed E-state index contributed by atoms with van der Waals surface area (Å²) in [7, 11) is 3.81. The molecule has 4 nitrogen and oxygen atoms in total. The van der Waals surface area contributed by atoms with E-state index in [1.54, 1.807) is 6.20 Å². The van der Waals surface area contributed by atoms with Crippen molar-refractivity contribution in [2.75, 3.05) is 24.3 Å². The maximum Gasteiger partial charge on any atom is 0.226 e. The summed E-state index contributed by atoms with van der Waals surface area (Å²) < 4.78 is 0. The molecule has 4 heteroatoms. The van der Waals surface area contributed by atoms with Crippen LogP contribution in [0.2, 0.25) is 0 Å². The highest BCUT2D eigenvalue weighted by atomic mass is 15.2. The van der Waals surface area contributed by atoms with Crippen molar-refractivity contribution in [1.29, 1.82) is 0 Å². The van der Waals surface area contributed by atoms with E-state index in [-0.39, 0.29) is 6.04 Å². The Labute approximate surface area is 90.7 Å². The molecule has 0 saturated heterocycles. The fraction of sp³-hybridized carbons (Fsp3) is 0.455. The van der Waals surface area contributed by atoms with Gasteiger partial charge in [0.05, 0.1) is 0 Å². The van der Waals surface area contributed by atoms with Crippen molar-refractivity contribution in [2.24, 2.45) is 0 Å². The minimum Gasteiger partial charge on any atom is -0.366 e. The van der Waals surface area contributed by atoms with Crippen LogP contribution in [0.25, 0.3) is 0 Å². The van der Waals surface area contributed by atoms with Gasteiger partial charge in [0.1, 0.15) is 5.82 Å². The predicted octanol–water partition coefficient (Wildman–Crippen LogP) is 1.37. The summed E-state index contributed by atoms with van der Waals surface area (Å²) in [5.74, 6) is 4.10. The molecule has 0 amide bonds. The molecule has 1 atom stereocenters. The molecular weight excluding hydrogens is 188 g/mol. The molecule has 0 aliphatic heterocycles. The molecule has 0 aliphatic rings. The van der Waals surface area contributed by atoms with E-state index in [2.05, 4.69) is 21.2 Å². The molecule has 0 bridgehead atoms. The maximum atomic E-state index is 5.23. The largest absolute Gasteiger partial charge is 0.366 e. The van der Waals surface area contributed by atoms with Crippen molar-refractivity contribution in [3.63, 3.8) is 0 Å². The summed E-state index contributed by atoms with van der Waals surface area (Å²) in [6.07, 6.45) is 7.64. The molecule has 80 valence electrons. The highest BCUT2D eigenvalue weighted by molar-refractivity contribution is 5.41. The van der Waals surface area contributed by atoms with Gasteiger partial charge in [-0.3, -0.25) is 0 Å². The second-order valence-electron chi connectivity index (χ2n) is 3.59. The van der Waals surface area contributed by atoms with Crippen molar-refractivity contribution in [3.8, 4) is 12.3 Å². The van der Waals surface area contributed by atoms with E-state index in [0.29, 0.717) is 12.4 Å². The van der Waals surface area contributed by atoms with Crippen molar-refractivity contribution >= 4 is 11.8 Å². The van der Waals surface area contributed by atoms with Crippen LogP contribution < -0.4 is 10.2 Å². The van der Waals surface area contributed by atoms with Gasteiger partial charge in [-0.15, -0.1) is 12.3 Å². The van der Waals surface area contributed by atoms with Gasteiger partial charge in [-0.2, -0.15) is 4.98 Å². The Kier molecular flexibility index (Phi) is 3.92. The van der Waals surface area contributed by atoms with Crippen LogP contribution in [0.1, 0.15) is 13.3 Å². The van der Waals surface area contributed by atoms with Crippen molar-refractivity contribution < 1.29 is 0 Å². The second-order valence-corrected chi connectivity index (χ2v) is 3.59. The molecule has 1 aromatic rings. The summed E-state index contributed by atoms with van der Waals surface area (Å²) in [6.45, 7) is 2.03. The standard InChI is InChI=1S/C11H16N4/c1-5-6-9(2)13-10-7-8-12-11(14-10)15(3)4/h1,7-9H,6H2,2-4H3,(H,12,13,14). The van der Waals surface area contributed by atoms with Crippen LogP contribution in [0.3, 0.4) is 0 Å². The first-order chi connectivity index (χ1) is 7.13. The van der Waals surface area contributed by atoms with Crippen LogP contribution in [0.4, 0.5) is 11.8 Å². The lowest BCUT2D eigenvalue weighted by Gasteiger charge is -2.14. The predicted molar refractivity (Wildman–Crippen MR) is 62.9 cm³/mol. The molecule has 0 aliphatic carbocycles. The number of anilines is 2. The highest BCUT2D eigenvalue weighted by Gasteiger charge is 2.03. The van der Waals surface area contributed by atoms with E-state index in [4.69, 9.17) is 6.42 Å². The number of hydrogen-bond donors (Lipinski definition) is 1. The van der Waals surface area contributed by atoms with Gasteiger partial charge in [0.15, 0.2) is 0 Å². The molecule has 1 rings (SSSR count). The Morgan fingerprint density at radius 3 is 2.93 bits per heavy atom. The molecule has 15 heavy (non-hydrogen) atoms. The van der Waals surface area contributed by atoms with Crippen LogP contribution in [-0.2, 0) is 0 Å². The second kappa shape index (κ2) is 5.20. The molecule has 0 radical (unpaired) electrons. The molecule has 0 aromatic carbocycles. The molecular formula is C11H16N4. The van der Waals surface area contributed by atoms with Crippen LogP contribution >= 0.6 is 0 Å². The first-order valence-electron chi connectivity index (χ1n) is 4.84. The lowest BCUT2D eigenvalue weighted by molar-refractivity contribution is 0.818. The maximum absolute atomic E-state index is 5.23. The zero-order chi connectivity index (χ0) is 11.3. The average Bonchev–Trinajstić information content (AvgIpc) is 2.18. The third kappa shape index (κ3) is 3.47. The van der Waals surface area contributed by atoms with Crippen molar-refractivity contribution in [2.45, 2.75) is 19.4 Å². The number of rotatable bonds is 4. The first-order valence-corrected chi connectivity index (χ1v) is 4.84. The Morgan fingerprint density at radius 1 is 1.60 bits per heavy atom. The smallest absolute Gasteiger partial charge is 0.226 e. The van der Waals surface area contributed by atoms with Crippen molar-refractivity contribution in [1.82, 2.24) is 9.97 Å². The van der Waals surface area contributed by atoms with Gasteiger partial charge in [-0.1, -0.05) is 0 Å². The van der Waals surface area contributed by atoms with E-state index in [1.165, 1.54) is 0 Å². The summed E-state index contributed by atoms with van der Waals surface area (Å²) in [5, 5.41) is 3.22. The topological polar surface area (TPSA) is 41.1 Å². The van der Waals surface area contributed by atoms with Gasteiger partial charge in [-0.05, 0) is 13.0 Å². The fourth-order valence-corrected chi connectivity index (χ4v) is 1.12. The van der Waals surface area contributed by atoms with Crippen LogP contribution in [-0.4, -0.2) is 30.1 Å². The number of hydrogen-bond acceptors (Lipinski definition) is 4. The van der Waals surface area contributed by atoms with Crippen LogP contribution in [0, 0.1) is 12.3 Å². The molecule has 1 N–H and O–H groups in total. The van der Waals surface area contributed by atoms with E-state index in [9.17, 15) is 0 Å². The molecule has 0 spiro atoms. The summed E-state index contributed by atoms with van der Waals surface area (Å²) in [5.41, 5.74) is 0. The highest BCUT2D eigenvalue weighted by Crippen LogP contribution is 2.09. The number of nitrogens with one attached hydrogen (secondary N) is 1. The Morgan fingerprint density at radius 2 is 2.33 bits per heavy atom. The van der Waals surface area contributed by atoms with E-state index < -0.39 is 0 Å². The average molecular weight is 204 g/mol. The first kappa shape index (κ1) is 11.3.